The Labute approximate surface area is 112 Å². The number of nitrogens with one attached hydrogen (secondary N) is 1. The highest BCUT2D eigenvalue weighted by atomic mass is 16.3. The molecule has 1 heterocycles. The first-order valence-electron chi connectivity index (χ1n) is 7.59. The fraction of sp³-hybridized carbons (Fsp3) is 1.00. The molecule has 4 nitrogen and oxygen atoms in total. The Morgan fingerprint density at radius 1 is 1.28 bits per heavy atom. The molecular weight excluding hydrogens is 226 g/mol. The molecule has 0 spiro atoms. The highest BCUT2D eigenvalue weighted by Crippen LogP contribution is 2.01. The molecule has 1 unspecified atom stereocenters. The van der Waals surface area contributed by atoms with Crippen molar-refractivity contribution in [2.24, 2.45) is 0 Å². The van der Waals surface area contributed by atoms with Crippen molar-refractivity contribution in [2.45, 2.75) is 39.2 Å². The van der Waals surface area contributed by atoms with Crippen molar-refractivity contribution in [3.63, 3.8) is 0 Å². The van der Waals surface area contributed by atoms with Gasteiger partial charge in [-0.15, -0.1) is 0 Å². The molecule has 1 aliphatic heterocycles. The lowest BCUT2D eigenvalue weighted by molar-refractivity contribution is 0.0770. The number of β-amino-alcohol motifs (C(OH)–C–C–N with tert-alkyl or cyclic N) is 1. The van der Waals surface area contributed by atoms with Crippen molar-refractivity contribution >= 4 is 0 Å². The van der Waals surface area contributed by atoms with Crippen LogP contribution in [0.15, 0.2) is 0 Å². The van der Waals surface area contributed by atoms with Gasteiger partial charge in [0.1, 0.15) is 0 Å². The number of hydrogen-bond acceptors (Lipinski definition) is 4. The molecular formula is C14H31N3O. The van der Waals surface area contributed by atoms with E-state index in [0.29, 0.717) is 0 Å². The summed E-state index contributed by atoms with van der Waals surface area (Å²) in [4.78, 5) is 4.75. The second-order valence-corrected chi connectivity index (χ2v) is 5.30. The molecule has 0 aromatic rings. The molecule has 0 saturated carbocycles. The zero-order chi connectivity index (χ0) is 13.2. The van der Waals surface area contributed by atoms with Gasteiger partial charge in [0.15, 0.2) is 0 Å². The summed E-state index contributed by atoms with van der Waals surface area (Å²) in [7, 11) is 0. The third-order valence-electron chi connectivity index (χ3n) is 3.65. The van der Waals surface area contributed by atoms with Crippen LogP contribution in [0.2, 0.25) is 0 Å². The number of hydrogen-bond donors (Lipinski definition) is 2. The first kappa shape index (κ1) is 15.9. The number of nitrogens with zero attached hydrogens (tertiary/aromatic N) is 2. The SMILES string of the molecule is CCCCN(CC)CC(O)CN1CCCNCC1. The van der Waals surface area contributed by atoms with Gasteiger partial charge in [-0.25, -0.2) is 0 Å². The summed E-state index contributed by atoms with van der Waals surface area (Å²) in [6, 6.07) is 0. The molecule has 4 heteroatoms. The molecule has 0 aromatic carbocycles. The quantitative estimate of drug-likeness (QED) is 0.673. The van der Waals surface area contributed by atoms with Crippen LogP contribution in [-0.2, 0) is 0 Å². The van der Waals surface area contributed by atoms with Gasteiger partial charge in [-0.2, -0.15) is 0 Å². The van der Waals surface area contributed by atoms with E-state index in [1.165, 1.54) is 19.3 Å². The van der Waals surface area contributed by atoms with Crippen molar-refractivity contribution in [2.75, 3.05) is 52.4 Å². The topological polar surface area (TPSA) is 38.7 Å². The van der Waals surface area contributed by atoms with Gasteiger partial charge in [0.05, 0.1) is 6.10 Å². The molecule has 0 radical (unpaired) electrons. The average Bonchev–Trinajstić information content (AvgIpc) is 2.63. The molecule has 0 aromatic heterocycles. The lowest BCUT2D eigenvalue weighted by Gasteiger charge is -2.27. The van der Waals surface area contributed by atoms with Crippen LogP contribution in [0.5, 0.6) is 0 Å². The Balaban J connectivity index is 2.22. The van der Waals surface area contributed by atoms with Gasteiger partial charge >= 0.3 is 0 Å². The van der Waals surface area contributed by atoms with Crippen molar-refractivity contribution < 1.29 is 5.11 Å². The zero-order valence-electron chi connectivity index (χ0n) is 12.2. The lowest BCUT2D eigenvalue weighted by Crippen LogP contribution is -2.41. The summed E-state index contributed by atoms with van der Waals surface area (Å²) < 4.78 is 0. The van der Waals surface area contributed by atoms with E-state index in [1.807, 2.05) is 0 Å². The van der Waals surface area contributed by atoms with Gasteiger partial charge in [-0.3, -0.25) is 4.90 Å². The van der Waals surface area contributed by atoms with E-state index in [1.54, 1.807) is 0 Å². The van der Waals surface area contributed by atoms with Crippen molar-refractivity contribution in [1.29, 1.82) is 0 Å². The minimum atomic E-state index is -0.208. The molecule has 1 saturated heterocycles. The van der Waals surface area contributed by atoms with E-state index in [-0.39, 0.29) is 6.10 Å². The Hall–Kier alpha value is -0.160. The van der Waals surface area contributed by atoms with E-state index in [9.17, 15) is 5.11 Å². The van der Waals surface area contributed by atoms with Crippen molar-refractivity contribution in [1.82, 2.24) is 15.1 Å². The van der Waals surface area contributed by atoms with Gasteiger partial charge in [-0.05, 0) is 39.0 Å². The molecule has 0 bridgehead atoms. The molecule has 1 rings (SSSR count). The second kappa shape index (κ2) is 9.73. The Morgan fingerprint density at radius 2 is 2.11 bits per heavy atom. The first-order chi connectivity index (χ1) is 8.76. The van der Waals surface area contributed by atoms with E-state index in [0.717, 1.165) is 52.4 Å². The summed E-state index contributed by atoms with van der Waals surface area (Å²) in [6.45, 7) is 12.6. The molecule has 108 valence electrons. The molecule has 1 aliphatic rings. The van der Waals surface area contributed by atoms with Crippen LogP contribution in [-0.4, -0.2) is 73.4 Å². The predicted octanol–water partition coefficient (Wildman–Crippen LogP) is 0.765. The monoisotopic (exact) mass is 257 g/mol. The van der Waals surface area contributed by atoms with Crippen LogP contribution in [0, 0.1) is 0 Å². The van der Waals surface area contributed by atoms with Crippen LogP contribution < -0.4 is 5.32 Å². The summed E-state index contributed by atoms with van der Waals surface area (Å²) >= 11 is 0. The predicted molar refractivity (Wildman–Crippen MR) is 77.0 cm³/mol. The summed E-state index contributed by atoms with van der Waals surface area (Å²) in [5.41, 5.74) is 0. The highest BCUT2D eigenvalue weighted by molar-refractivity contribution is 4.72. The molecule has 1 fully saturated rings. The Kier molecular flexibility index (Phi) is 8.59. The molecule has 1 atom stereocenters. The first-order valence-corrected chi connectivity index (χ1v) is 7.59. The molecule has 18 heavy (non-hydrogen) atoms. The largest absolute Gasteiger partial charge is 0.390 e. The van der Waals surface area contributed by atoms with E-state index in [2.05, 4.69) is 29.0 Å². The van der Waals surface area contributed by atoms with Crippen LogP contribution in [0.25, 0.3) is 0 Å². The number of likely N-dealkylation sites (N-methyl/N-ethyl adjacent to an activating group) is 1. The fourth-order valence-corrected chi connectivity index (χ4v) is 2.50. The average molecular weight is 257 g/mol. The molecule has 0 aliphatic carbocycles. The summed E-state index contributed by atoms with van der Waals surface area (Å²) in [6.07, 6.45) is 3.44. The second-order valence-electron chi connectivity index (χ2n) is 5.30. The lowest BCUT2D eigenvalue weighted by atomic mass is 10.2. The summed E-state index contributed by atoms with van der Waals surface area (Å²) in [5, 5.41) is 13.6. The maximum atomic E-state index is 10.2. The number of aliphatic hydroxyl groups is 1. The zero-order valence-corrected chi connectivity index (χ0v) is 12.2. The standard InChI is InChI=1S/C14H31N3O/c1-3-5-9-16(4-2)12-14(18)13-17-10-6-7-15-8-11-17/h14-15,18H,3-13H2,1-2H3. The minimum absolute atomic E-state index is 0.208. The number of rotatable bonds is 8. The maximum Gasteiger partial charge on any atom is 0.0793 e. The van der Waals surface area contributed by atoms with Gasteiger partial charge in [0, 0.05) is 26.2 Å². The van der Waals surface area contributed by atoms with Crippen LogP contribution >= 0.6 is 0 Å². The van der Waals surface area contributed by atoms with Gasteiger partial charge in [-0.1, -0.05) is 20.3 Å². The van der Waals surface area contributed by atoms with Gasteiger partial charge in [0.2, 0.25) is 0 Å². The third kappa shape index (κ3) is 6.69. The minimum Gasteiger partial charge on any atom is -0.390 e. The van der Waals surface area contributed by atoms with E-state index in [4.69, 9.17) is 0 Å². The van der Waals surface area contributed by atoms with Gasteiger partial charge < -0.3 is 15.3 Å². The molecule has 0 amide bonds. The highest BCUT2D eigenvalue weighted by Gasteiger charge is 2.15. The van der Waals surface area contributed by atoms with Crippen molar-refractivity contribution in [3.05, 3.63) is 0 Å². The van der Waals surface area contributed by atoms with E-state index < -0.39 is 0 Å². The maximum absolute atomic E-state index is 10.2. The van der Waals surface area contributed by atoms with Crippen LogP contribution in [0.4, 0.5) is 0 Å². The third-order valence-corrected chi connectivity index (χ3v) is 3.65. The van der Waals surface area contributed by atoms with E-state index >= 15 is 0 Å². The van der Waals surface area contributed by atoms with Crippen LogP contribution in [0.1, 0.15) is 33.1 Å². The van der Waals surface area contributed by atoms with Crippen molar-refractivity contribution in [3.8, 4) is 0 Å². The van der Waals surface area contributed by atoms with Gasteiger partial charge in [0.25, 0.3) is 0 Å². The summed E-state index contributed by atoms with van der Waals surface area (Å²) in [5.74, 6) is 0. The normalized spacial score (nSPS) is 20.0. The Morgan fingerprint density at radius 3 is 2.83 bits per heavy atom. The smallest absolute Gasteiger partial charge is 0.0793 e. The Bertz CT molecular complexity index is 193. The number of aliphatic hydroxyl groups excluding tert-OH is 1. The number of unbranched alkanes of at least 4 members (excludes halogenated alkanes) is 1. The molecule has 2 N–H and O–H groups in total. The fourth-order valence-electron chi connectivity index (χ4n) is 2.50. The van der Waals surface area contributed by atoms with Crippen LogP contribution in [0.3, 0.4) is 0 Å².